The standard InChI is InChI=1S/C16H26N2O3/c1-16(2,3)21-15(19)18-9-4-5-14(18)6-8-17-11-13-7-10-20-12-13/h7,10,12,14,17H,4-6,8-9,11H2,1-3H3. The molecule has 5 nitrogen and oxygen atoms in total. The number of amides is 1. The summed E-state index contributed by atoms with van der Waals surface area (Å²) >= 11 is 0. The lowest BCUT2D eigenvalue weighted by molar-refractivity contribution is 0.0221. The monoisotopic (exact) mass is 294 g/mol. The van der Waals surface area contributed by atoms with E-state index in [2.05, 4.69) is 5.32 Å². The summed E-state index contributed by atoms with van der Waals surface area (Å²) in [5.74, 6) is 0. The first-order chi connectivity index (χ1) is 9.96. The number of nitrogens with one attached hydrogen (secondary N) is 1. The number of hydrogen-bond acceptors (Lipinski definition) is 4. The Morgan fingerprint density at radius 2 is 2.33 bits per heavy atom. The lowest BCUT2D eigenvalue weighted by atomic mass is 10.1. The quantitative estimate of drug-likeness (QED) is 0.848. The molecule has 1 saturated heterocycles. The summed E-state index contributed by atoms with van der Waals surface area (Å²) in [5, 5.41) is 3.38. The number of carbonyl (C=O) groups is 1. The zero-order valence-corrected chi connectivity index (χ0v) is 13.2. The summed E-state index contributed by atoms with van der Waals surface area (Å²) in [6.07, 6.45) is 6.32. The van der Waals surface area contributed by atoms with Crippen LogP contribution in [0.1, 0.15) is 45.6 Å². The highest BCUT2D eigenvalue weighted by Crippen LogP contribution is 2.22. The van der Waals surface area contributed by atoms with E-state index in [9.17, 15) is 4.79 Å². The van der Waals surface area contributed by atoms with Crippen LogP contribution in [0.4, 0.5) is 4.79 Å². The number of hydrogen-bond donors (Lipinski definition) is 1. The second-order valence-electron chi connectivity index (χ2n) is 6.57. The fourth-order valence-electron chi connectivity index (χ4n) is 2.59. The molecule has 118 valence electrons. The number of carbonyl (C=O) groups excluding carboxylic acids is 1. The molecule has 1 amide bonds. The van der Waals surface area contributed by atoms with Crippen molar-refractivity contribution < 1.29 is 13.9 Å². The van der Waals surface area contributed by atoms with Crippen LogP contribution in [0.3, 0.4) is 0 Å². The molecule has 0 saturated carbocycles. The van der Waals surface area contributed by atoms with Crippen molar-refractivity contribution in [2.45, 2.75) is 58.2 Å². The average molecular weight is 294 g/mol. The molecule has 0 radical (unpaired) electrons. The molecule has 1 atom stereocenters. The lowest BCUT2D eigenvalue weighted by Gasteiger charge is -2.28. The van der Waals surface area contributed by atoms with Crippen LogP contribution in [0.2, 0.25) is 0 Å². The minimum Gasteiger partial charge on any atom is -0.472 e. The molecule has 0 spiro atoms. The molecule has 0 bridgehead atoms. The van der Waals surface area contributed by atoms with Crippen molar-refractivity contribution in [2.75, 3.05) is 13.1 Å². The summed E-state index contributed by atoms with van der Waals surface area (Å²) in [6, 6.07) is 2.24. The summed E-state index contributed by atoms with van der Waals surface area (Å²) in [5.41, 5.74) is 0.717. The molecule has 1 aliphatic rings. The van der Waals surface area contributed by atoms with Gasteiger partial charge in [0.15, 0.2) is 0 Å². The Labute approximate surface area is 126 Å². The molecule has 1 aliphatic heterocycles. The fourth-order valence-corrected chi connectivity index (χ4v) is 2.59. The van der Waals surface area contributed by atoms with Crippen molar-refractivity contribution in [3.63, 3.8) is 0 Å². The normalized spacial score (nSPS) is 19.0. The fraction of sp³-hybridized carbons (Fsp3) is 0.688. The third kappa shape index (κ3) is 5.08. The minimum absolute atomic E-state index is 0.181. The molecule has 21 heavy (non-hydrogen) atoms. The van der Waals surface area contributed by atoms with Crippen LogP contribution in [0, 0.1) is 0 Å². The molecular formula is C16H26N2O3. The molecule has 1 N–H and O–H groups in total. The Morgan fingerprint density at radius 1 is 1.52 bits per heavy atom. The van der Waals surface area contributed by atoms with Crippen LogP contribution in [0.15, 0.2) is 23.0 Å². The van der Waals surface area contributed by atoms with E-state index < -0.39 is 5.60 Å². The van der Waals surface area contributed by atoms with Crippen molar-refractivity contribution in [1.82, 2.24) is 10.2 Å². The highest BCUT2D eigenvalue weighted by Gasteiger charge is 2.31. The molecule has 0 aromatic carbocycles. The van der Waals surface area contributed by atoms with E-state index in [1.54, 1.807) is 12.5 Å². The summed E-state index contributed by atoms with van der Waals surface area (Å²) in [6.45, 7) is 8.21. The molecule has 1 aromatic heterocycles. The average Bonchev–Trinajstić information content (AvgIpc) is 3.04. The van der Waals surface area contributed by atoms with E-state index in [-0.39, 0.29) is 12.1 Å². The van der Waals surface area contributed by atoms with Crippen molar-refractivity contribution >= 4 is 6.09 Å². The van der Waals surface area contributed by atoms with Gasteiger partial charge in [-0.25, -0.2) is 4.79 Å². The largest absolute Gasteiger partial charge is 0.472 e. The number of ether oxygens (including phenoxy) is 1. The van der Waals surface area contributed by atoms with Crippen molar-refractivity contribution in [1.29, 1.82) is 0 Å². The van der Waals surface area contributed by atoms with E-state index in [4.69, 9.17) is 9.15 Å². The highest BCUT2D eigenvalue weighted by atomic mass is 16.6. The minimum atomic E-state index is -0.427. The van der Waals surface area contributed by atoms with Crippen molar-refractivity contribution in [3.8, 4) is 0 Å². The van der Waals surface area contributed by atoms with Gasteiger partial charge in [0.25, 0.3) is 0 Å². The van der Waals surface area contributed by atoms with E-state index in [0.29, 0.717) is 0 Å². The van der Waals surface area contributed by atoms with Gasteiger partial charge in [0.1, 0.15) is 5.60 Å². The van der Waals surface area contributed by atoms with Gasteiger partial charge in [0, 0.05) is 24.7 Å². The topological polar surface area (TPSA) is 54.7 Å². The van der Waals surface area contributed by atoms with Gasteiger partial charge in [-0.05, 0) is 52.6 Å². The maximum Gasteiger partial charge on any atom is 0.410 e. The zero-order chi connectivity index (χ0) is 15.3. The molecule has 2 rings (SSSR count). The van der Waals surface area contributed by atoms with Crippen LogP contribution >= 0.6 is 0 Å². The van der Waals surface area contributed by atoms with Crippen LogP contribution in [0.5, 0.6) is 0 Å². The van der Waals surface area contributed by atoms with Crippen LogP contribution in [-0.2, 0) is 11.3 Å². The van der Waals surface area contributed by atoms with E-state index in [1.807, 2.05) is 31.7 Å². The summed E-state index contributed by atoms with van der Waals surface area (Å²) < 4.78 is 10.5. The molecule has 1 fully saturated rings. The van der Waals surface area contributed by atoms with E-state index in [1.165, 1.54) is 0 Å². The molecule has 1 unspecified atom stereocenters. The predicted molar refractivity (Wildman–Crippen MR) is 81.0 cm³/mol. The van der Waals surface area contributed by atoms with Crippen LogP contribution in [0.25, 0.3) is 0 Å². The first-order valence-corrected chi connectivity index (χ1v) is 7.67. The maximum absolute atomic E-state index is 12.2. The molecule has 1 aromatic rings. The van der Waals surface area contributed by atoms with Gasteiger partial charge in [0.05, 0.1) is 12.5 Å². The molecule has 5 heteroatoms. The van der Waals surface area contributed by atoms with Crippen LogP contribution in [-0.4, -0.2) is 35.7 Å². The second-order valence-corrected chi connectivity index (χ2v) is 6.57. The third-order valence-corrected chi connectivity index (χ3v) is 3.57. The third-order valence-electron chi connectivity index (χ3n) is 3.57. The molecule has 2 heterocycles. The first kappa shape index (κ1) is 15.9. The van der Waals surface area contributed by atoms with Crippen molar-refractivity contribution in [3.05, 3.63) is 24.2 Å². The van der Waals surface area contributed by atoms with Gasteiger partial charge in [0.2, 0.25) is 0 Å². The number of rotatable bonds is 5. The Morgan fingerprint density at radius 3 is 3.00 bits per heavy atom. The van der Waals surface area contributed by atoms with Gasteiger partial charge in [-0.3, -0.25) is 0 Å². The van der Waals surface area contributed by atoms with Crippen molar-refractivity contribution in [2.24, 2.45) is 0 Å². The van der Waals surface area contributed by atoms with Gasteiger partial charge in [-0.15, -0.1) is 0 Å². The summed E-state index contributed by atoms with van der Waals surface area (Å²) in [4.78, 5) is 14.0. The lowest BCUT2D eigenvalue weighted by Crippen LogP contribution is -2.40. The van der Waals surface area contributed by atoms with E-state index >= 15 is 0 Å². The first-order valence-electron chi connectivity index (χ1n) is 7.67. The van der Waals surface area contributed by atoms with Gasteiger partial charge < -0.3 is 19.4 Å². The Hall–Kier alpha value is -1.49. The predicted octanol–water partition coefficient (Wildman–Crippen LogP) is 3.16. The summed E-state index contributed by atoms with van der Waals surface area (Å²) in [7, 11) is 0. The van der Waals surface area contributed by atoms with Gasteiger partial charge in [-0.1, -0.05) is 0 Å². The van der Waals surface area contributed by atoms with Gasteiger partial charge >= 0.3 is 6.09 Å². The SMILES string of the molecule is CC(C)(C)OC(=O)N1CCCC1CCNCc1ccoc1. The highest BCUT2D eigenvalue weighted by molar-refractivity contribution is 5.68. The smallest absolute Gasteiger partial charge is 0.410 e. The number of nitrogens with zero attached hydrogens (tertiary/aromatic N) is 1. The Kier molecular flexibility index (Phi) is 5.28. The van der Waals surface area contributed by atoms with E-state index in [0.717, 1.165) is 44.5 Å². The number of likely N-dealkylation sites (tertiary alicyclic amines) is 1. The second kappa shape index (κ2) is 6.98. The molecule has 0 aliphatic carbocycles. The van der Waals surface area contributed by atoms with Crippen LogP contribution < -0.4 is 5.32 Å². The number of furan rings is 1. The molecular weight excluding hydrogens is 268 g/mol. The Bertz CT molecular complexity index is 437. The maximum atomic E-state index is 12.2. The van der Waals surface area contributed by atoms with Gasteiger partial charge in [-0.2, -0.15) is 0 Å². The zero-order valence-electron chi connectivity index (χ0n) is 13.2. The Balaban J connectivity index is 1.72.